The van der Waals surface area contributed by atoms with Gasteiger partial charge in [-0.05, 0) is 6.07 Å². The highest BCUT2D eigenvalue weighted by atomic mass is 16.5. The number of fused-ring (bicyclic) bond motifs is 1. The van der Waals surface area contributed by atoms with E-state index in [0.717, 1.165) is 35.8 Å². The second-order valence-corrected chi connectivity index (χ2v) is 5.04. The van der Waals surface area contributed by atoms with E-state index in [0.29, 0.717) is 6.61 Å². The van der Waals surface area contributed by atoms with Crippen molar-refractivity contribution in [3.05, 3.63) is 41.5 Å². The third-order valence-corrected chi connectivity index (χ3v) is 3.79. The smallest absolute Gasteiger partial charge is 0.150 e. The van der Waals surface area contributed by atoms with Crippen LogP contribution in [0, 0.1) is 0 Å². The number of nitrogens with zero attached hydrogens (tertiary/aromatic N) is 3. The Hall–Kier alpha value is -1.88. The number of rotatable bonds is 3. The zero-order chi connectivity index (χ0) is 14.1. The Labute approximate surface area is 118 Å². The van der Waals surface area contributed by atoms with Crippen LogP contribution < -0.4 is 10.5 Å². The Kier molecular flexibility index (Phi) is 3.44. The van der Waals surface area contributed by atoms with Gasteiger partial charge in [0.25, 0.3) is 0 Å². The maximum Gasteiger partial charge on any atom is 0.150 e. The number of ether oxygens (including phenoxy) is 1. The van der Waals surface area contributed by atoms with Crippen LogP contribution in [0.4, 0.5) is 0 Å². The Morgan fingerprint density at radius 1 is 1.30 bits per heavy atom. The van der Waals surface area contributed by atoms with Crippen molar-refractivity contribution in [2.24, 2.45) is 5.73 Å². The van der Waals surface area contributed by atoms with Crippen molar-refractivity contribution in [2.45, 2.75) is 38.8 Å². The molecule has 2 heterocycles. The second kappa shape index (κ2) is 5.25. The summed E-state index contributed by atoms with van der Waals surface area (Å²) < 4.78 is 7.79. The van der Waals surface area contributed by atoms with Crippen LogP contribution in [-0.4, -0.2) is 21.4 Å². The largest absolute Gasteiger partial charge is 0.491 e. The van der Waals surface area contributed by atoms with E-state index in [1.807, 2.05) is 28.9 Å². The number of nitrogens with two attached hydrogens (primary N) is 1. The number of aryl methyl sites for hydroxylation is 2. The van der Waals surface area contributed by atoms with Gasteiger partial charge >= 0.3 is 0 Å². The molecule has 2 atom stereocenters. The molecule has 1 aliphatic rings. The van der Waals surface area contributed by atoms with Crippen LogP contribution in [0.1, 0.15) is 43.1 Å². The molecule has 20 heavy (non-hydrogen) atoms. The van der Waals surface area contributed by atoms with E-state index in [4.69, 9.17) is 10.5 Å². The lowest BCUT2D eigenvalue weighted by molar-refractivity contribution is 0.184. The third-order valence-electron chi connectivity index (χ3n) is 3.79. The number of hydrogen-bond donors (Lipinski definition) is 1. The molecule has 0 amide bonds. The lowest BCUT2D eigenvalue weighted by Crippen LogP contribution is -2.35. The summed E-state index contributed by atoms with van der Waals surface area (Å²) in [6.45, 7) is 4.69. The van der Waals surface area contributed by atoms with Crippen LogP contribution in [-0.2, 0) is 12.8 Å². The lowest BCUT2D eigenvalue weighted by Gasteiger charge is -2.31. The van der Waals surface area contributed by atoms with Gasteiger partial charge in [0.2, 0.25) is 0 Å². The molecule has 1 aromatic heterocycles. The summed E-state index contributed by atoms with van der Waals surface area (Å²) in [7, 11) is 0. The van der Waals surface area contributed by atoms with Gasteiger partial charge in [0.15, 0.2) is 5.82 Å². The first kappa shape index (κ1) is 13.1. The van der Waals surface area contributed by atoms with Crippen molar-refractivity contribution in [2.75, 3.05) is 6.61 Å². The number of para-hydroxylation sites is 1. The van der Waals surface area contributed by atoms with E-state index in [-0.39, 0.29) is 12.1 Å². The predicted octanol–water partition coefficient (Wildman–Crippen LogP) is 2.04. The molecule has 2 unspecified atom stereocenters. The van der Waals surface area contributed by atoms with Crippen LogP contribution in [0.5, 0.6) is 5.75 Å². The molecule has 2 N–H and O–H groups in total. The summed E-state index contributed by atoms with van der Waals surface area (Å²) in [4.78, 5) is 4.55. The molecule has 0 radical (unpaired) electrons. The number of hydrogen-bond acceptors (Lipinski definition) is 4. The second-order valence-electron chi connectivity index (χ2n) is 5.04. The molecule has 0 bridgehead atoms. The minimum Gasteiger partial charge on any atom is -0.491 e. The molecular formula is C15H20N4O. The average Bonchev–Trinajstić information content (AvgIpc) is 2.91. The summed E-state index contributed by atoms with van der Waals surface area (Å²) in [6.07, 6.45) is 1.68. The minimum absolute atomic E-state index is 0.00708. The highest BCUT2D eigenvalue weighted by Crippen LogP contribution is 2.36. The molecule has 106 valence electrons. The van der Waals surface area contributed by atoms with Crippen molar-refractivity contribution in [3.63, 3.8) is 0 Å². The van der Waals surface area contributed by atoms with E-state index in [9.17, 15) is 0 Å². The zero-order valence-electron chi connectivity index (χ0n) is 11.9. The van der Waals surface area contributed by atoms with Gasteiger partial charge in [-0.25, -0.2) is 9.67 Å². The first-order valence-electron chi connectivity index (χ1n) is 7.16. The fourth-order valence-corrected chi connectivity index (χ4v) is 2.66. The summed E-state index contributed by atoms with van der Waals surface area (Å²) in [5.74, 6) is 2.73. The summed E-state index contributed by atoms with van der Waals surface area (Å²) in [5.41, 5.74) is 7.47. The maximum atomic E-state index is 6.43. The fourth-order valence-electron chi connectivity index (χ4n) is 2.66. The van der Waals surface area contributed by atoms with Crippen molar-refractivity contribution in [1.82, 2.24) is 14.8 Å². The van der Waals surface area contributed by atoms with E-state index in [2.05, 4.69) is 23.9 Å². The van der Waals surface area contributed by atoms with Crippen LogP contribution in [0.2, 0.25) is 0 Å². The summed E-state index contributed by atoms with van der Waals surface area (Å²) in [6, 6.07) is 7.84. The average molecular weight is 272 g/mol. The predicted molar refractivity (Wildman–Crippen MR) is 76.7 cm³/mol. The van der Waals surface area contributed by atoms with Gasteiger partial charge in [-0.3, -0.25) is 0 Å². The molecule has 0 saturated carbocycles. The Bertz CT molecular complexity index is 608. The maximum absolute atomic E-state index is 6.43. The number of benzene rings is 1. The number of aromatic nitrogens is 3. The van der Waals surface area contributed by atoms with E-state index in [1.165, 1.54) is 0 Å². The van der Waals surface area contributed by atoms with Crippen LogP contribution >= 0.6 is 0 Å². The molecule has 0 fully saturated rings. The first-order valence-corrected chi connectivity index (χ1v) is 7.16. The fraction of sp³-hybridized carbons (Fsp3) is 0.467. The Morgan fingerprint density at radius 3 is 2.85 bits per heavy atom. The molecule has 5 heteroatoms. The summed E-state index contributed by atoms with van der Waals surface area (Å²) in [5, 5.41) is 4.59. The van der Waals surface area contributed by atoms with Crippen LogP contribution in [0.25, 0.3) is 0 Å². The van der Waals surface area contributed by atoms with Crippen molar-refractivity contribution < 1.29 is 4.74 Å². The van der Waals surface area contributed by atoms with E-state index in [1.54, 1.807) is 0 Å². The molecular weight excluding hydrogens is 252 g/mol. The quantitative estimate of drug-likeness (QED) is 0.928. The van der Waals surface area contributed by atoms with Gasteiger partial charge in [-0.15, -0.1) is 0 Å². The Morgan fingerprint density at radius 2 is 2.10 bits per heavy atom. The first-order chi connectivity index (χ1) is 9.74. The molecule has 3 rings (SSSR count). The van der Waals surface area contributed by atoms with Crippen LogP contribution in [0.15, 0.2) is 24.3 Å². The highest BCUT2D eigenvalue weighted by molar-refractivity contribution is 5.38. The van der Waals surface area contributed by atoms with Crippen molar-refractivity contribution in [3.8, 4) is 5.75 Å². The van der Waals surface area contributed by atoms with Gasteiger partial charge in [-0.2, -0.15) is 5.10 Å². The summed E-state index contributed by atoms with van der Waals surface area (Å²) >= 11 is 0. The third kappa shape index (κ3) is 2.08. The highest BCUT2D eigenvalue weighted by Gasteiger charge is 2.31. The van der Waals surface area contributed by atoms with Crippen molar-refractivity contribution in [1.29, 1.82) is 0 Å². The van der Waals surface area contributed by atoms with Crippen molar-refractivity contribution >= 4 is 0 Å². The Balaban J connectivity index is 1.98. The molecule has 0 aliphatic carbocycles. The molecule has 0 spiro atoms. The molecule has 0 saturated heterocycles. The molecule has 1 aliphatic heterocycles. The topological polar surface area (TPSA) is 66.0 Å². The molecule has 1 aromatic carbocycles. The monoisotopic (exact) mass is 272 g/mol. The molecule has 5 nitrogen and oxygen atoms in total. The van der Waals surface area contributed by atoms with Gasteiger partial charge < -0.3 is 10.5 Å². The SMILES string of the molecule is CCc1nc(CC)n(C2COc3ccccc3C2N)n1. The zero-order valence-corrected chi connectivity index (χ0v) is 11.9. The van der Waals surface area contributed by atoms with Gasteiger partial charge in [0.1, 0.15) is 24.2 Å². The molecule has 2 aromatic rings. The standard InChI is InChI=1S/C15H20N4O/c1-3-13-17-14(4-2)19(18-13)11-9-20-12-8-6-5-7-10(12)15(11)16/h5-8,11,15H,3-4,9,16H2,1-2H3. The van der Waals surface area contributed by atoms with E-state index >= 15 is 0 Å². The minimum atomic E-state index is -0.114. The normalized spacial score (nSPS) is 21.4. The van der Waals surface area contributed by atoms with Gasteiger partial charge in [0, 0.05) is 18.4 Å². The van der Waals surface area contributed by atoms with E-state index < -0.39 is 0 Å². The van der Waals surface area contributed by atoms with Gasteiger partial charge in [-0.1, -0.05) is 32.0 Å². The van der Waals surface area contributed by atoms with Crippen LogP contribution in [0.3, 0.4) is 0 Å². The van der Waals surface area contributed by atoms with Gasteiger partial charge in [0.05, 0.1) is 6.04 Å². The lowest BCUT2D eigenvalue weighted by atomic mass is 9.97.